The van der Waals surface area contributed by atoms with E-state index >= 15 is 0 Å². The first kappa shape index (κ1) is 20.8. The van der Waals surface area contributed by atoms with Crippen LogP contribution in [0.15, 0.2) is 24.3 Å². The van der Waals surface area contributed by atoms with Crippen LogP contribution in [0.25, 0.3) is 0 Å². The van der Waals surface area contributed by atoms with Crippen LogP contribution in [0, 0.1) is 0 Å². The van der Waals surface area contributed by atoms with Crippen molar-refractivity contribution in [2.45, 2.75) is 32.2 Å². The molecule has 7 nitrogen and oxygen atoms in total. The molecule has 26 heavy (non-hydrogen) atoms. The molecule has 2 rings (SSSR count). The highest BCUT2D eigenvalue weighted by Gasteiger charge is 2.12. The van der Waals surface area contributed by atoms with Crippen molar-refractivity contribution in [3.05, 3.63) is 29.8 Å². The van der Waals surface area contributed by atoms with Crippen LogP contribution in [0.1, 0.15) is 31.2 Å². The minimum absolute atomic E-state index is 0.0103. The van der Waals surface area contributed by atoms with Gasteiger partial charge in [-0.25, -0.2) is 13.1 Å². The zero-order valence-corrected chi connectivity index (χ0v) is 16.3. The third kappa shape index (κ3) is 7.82. The van der Waals surface area contributed by atoms with Crippen molar-refractivity contribution >= 4 is 21.6 Å². The summed E-state index contributed by atoms with van der Waals surface area (Å²) >= 11 is 0. The van der Waals surface area contributed by atoms with Crippen molar-refractivity contribution in [1.29, 1.82) is 0 Å². The van der Waals surface area contributed by atoms with Crippen molar-refractivity contribution in [3.63, 3.8) is 0 Å². The zero-order valence-electron chi connectivity index (χ0n) is 15.5. The number of rotatable bonds is 10. The summed E-state index contributed by atoms with van der Waals surface area (Å²) in [6.07, 6.45) is 4.23. The van der Waals surface area contributed by atoms with Crippen LogP contribution in [0.5, 0.6) is 0 Å². The number of hydrogen-bond donors (Lipinski definition) is 3. The molecule has 0 aromatic heterocycles. The summed E-state index contributed by atoms with van der Waals surface area (Å²) in [5.41, 5.74) is 1.58. The molecule has 0 saturated carbocycles. The predicted octanol–water partition coefficient (Wildman–Crippen LogP) is 1.14. The molecule has 1 amide bonds. The van der Waals surface area contributed by atoms with Crippen LogP contribution < -0.4 is 15.4 Å². The highest BCUT2D eigenvalue weighted by molar-refractivity contribution is 7.89. The molecule has 0 atom stereocenters. The fourth-order valence-corrected chi connectivity index (χ4v) is 3.88. The Bertz CT molecular complexity index is 656. The summed E-state index contributed by atoms with van der Waals surface area (Å²) in [5, 5.41) is 5.71. The lowest BCUT2D eigenvalue weighted by Crippen LogP contribution is -2.32. The van der Waals surface area contributed by atoms with E-state index < -0.39 is 10.0 Å². The topological polar surface area (TPSA) is 90.5 Å². The third-order valence-electron chi connectivity index (χ3n) is 4.46. The number of hydrogen-bond acceptors (Lipinski definition) is 5. The molecule has 0 spiro atoms. The van der Waals surface area contributed by atoms with Crippen LogP contribution in [-0.4, -0.2) is 58.2 Å². The van der Waals surface area contributed by atoms with Crippen LogP contribution in [0.3, 0.4) is 0 Å². The molecule has 1 aliphatic rings. The maximum absolute atomic E-state index is 12.1. The van der Waals surface area contributed by atoms with Gasteiger partial charge >= 0.3 is 0 Å². The average molecular weight is 383 g/mol. The van der Waals surface area contributed by atoms with Gasteiger partial charge in [-0.2, -0.15) is 0 Å². The number of nitrogens with zero attached hydrogens (tertiary/aromatic N) is 1. The Morgan fingerprint density at radius 2 is 1.81 bits per heavy atom. The number of likely N-dealkylation sites (tertiary alicyclic amines) is 1. The largest absolute Gasteiger partial charge is 0.326 e. The SMILES string of the molecule is CNCCS(=O)(=O)NCc1ccc(NC(=O)CCN2CCCCC2)cc1. The van der Waals surface area contributed by atoms with E-state index in [0.717, 1.165) is 30.9 Å². The molecular formula is C18H30N4O3S. The maximum Gasteiger partial charge on any atom is 0.225 e. The molecule has 0 aliphatic carbocycles. The Labute approximate surface area is 156 Å². The van der Waals surface area contributed by atoms with Gasteiger partial charge in [0, 0.05) is 31.7 Å². The number of benzene rings is 1. The molecular weight excluding hydrogens is 352 g/mol. The summed E-state index contributed by atoms with van der Waals surface area (Å²) in [5.74, 6) is 0.0605. The number of anilines is 1. The molecule has 8 heteroatoms. The lowest BCUT2D eigenvalue weighted by Gasteiger charge is -2.25. The molecule has 0 unspecified atom stereocenters. The first-order valence-corrected chi connectivity index (χ1v) is 10.9. The van der Waals surface area contributed by atoms with Crippen LogP contribution >= 0.6 is 0 Å². The second kappa shape index (κ2) is 10.6. The molecule has 0 bridgehead atoms. The second-order valence-electron chi connectivity index (χ2n) is 6.64. The van der Waals surface area contributed by atoms with E-state index in [0.29, 0.717) is 13.0 Å². The van der Waals surface area contributed by atoms with Gasteiger partial charge in [0.2, 0.25) is 15.9 Å². The summed E-state index contributed by atoms with van der Waals surface area (Å²) < 4.78 is 26.1. The lowest BCUT2D eigenvalue weighted by molar-refractivity contribution is -0.116. The van der Waals surface area contributed by atoms with E-state index in [2.05, 4.69) is 20.3 Å². The number of piperidine rings is 1. The summed E-state index contributed by atoms with van der Waals surface area (Å²) in [7, 11) is -1.56. The van der Waals surface area contributed by atoms with Crippen LogP contribution in [-0.2, 0) is 21.4 Å². The standard InChI is InChI=1S/C18H30N4O3S/c1-19-10-14-26(24,25)20-15-16-5-7-17(8-6-16)21-18(23)9-13-22-11-3-2-4-12-22/h5-8,19-20H,2-4,9-15H2,1H3,(H,21,23). The fraction of sp³-hybridized carbons (Fsp3) is 0.611. The average Bonchev–Trinajstić information content (AvgIpc) is 2.65. The van der Waals surface area contributed by atoms with E-state index in [-0.39, 0.29) is 18.2 Å². The van der Waals surface area contributed by atoms with E-state index in [1.807, 2.05) is 12.1 Å². The van der Waals surface area contributed by atoms with Gasteiger partial charge in [0.15, 0.2) is 0 Å². The van der Waals surface area contributed by atoms with Crippen molar-refractivity contribution in [3.8, 4) is 0 Å². The fourth-order valence-electron chi connectivity index (χ4n) is 2.87. The van der Waals surface area contributed by atoms with Gasteiger partial charge in [-0.05, 0) is 50.7 Å². The van der Waals surface area contributed by atoms with E-state index in [1.165, 1.54) is 19.3 Å². The minimum Gasteiger partial charge on any atom is -0.326 e. The Morgan fingerprint density at radius 3 is 2.46 bits per heavy atom. The molecule has 1 aromatic carbocycles. The van der Waals surface area contributed by atoms with Crippen LogP contribution in [0.4, 0.5) is 5.69 Å². The summed E-state index contributed by atoms with van der Waals surface area (Å²) in [6, 6.07) is 7.24. The van der Waals surface area contributed by atoms with Gasteiger partial charge in [-0.15, -0.1) is 0 Å². The van der Waals surface area contributed by atoms with Gasteiger partial charge in [-0.1, -0.05) is 18.6 Å². The first-order chi connectivity index (χ1) is 12.5. The van der Waals surface area contributed by atoms with E-state index in [4.69, 9.17) is 0 Å². The Kier molecular flexibility index (Phi) is 8.50. The summed E-state index contributed by atoms with van der Waals surface area (Å²) in [4.78, 5) is 14.4. The molecule has 146 valence electrons. The van der Waals surface area contributed by atoms with Crippen molar-refractivity contribution < 1.29 is 13.2 Å². The zero-order chi connectivity index (χ0) is 18.8. The molecule has 1 fully saturated rings. The van der Waals surface area contributed by atoms with E-state index in [1.54, 1.807) is 19.2 Å². The highest BCUT2D eigenvalue weighted by atomic mass is 32.2. The highest BCUT2D eigenvalue weighted by Crippen LogP contribution is 2.12. The normalized spacial score (nSPS) is 15.7. The first-order valence-electron chi connectivity index (χ1n) is 9.21. The van der Waals surface area contributed by atoms with Gasteiger partial charge in [0.25, 0.3) is 0 Å². The molecule has 0 radical (unpaired) electrons. The number of amides is 1. The molecule has 1 aromatic rings. The third-order valence-corrected chi connectivity index (χ3v) is 5.78. The predicted molar refractivity (Wildman–Crippen MR) is 105 cm³/mol. The van der Waals surface area contributed by atoms with Gasteiger partial charge < -0.3 is 15.5 Å². The van der Waals surface area contributed by atoms with E-state index in [9.17, 15) is 13.2 Å². The molecule has 1 saturated heterocycles. The number of nitrogens with one attached hydrogen (secondary N) is 3. The molecule has 1 aliphatic heterocycles. The van der Waals surface area contributed by atoms with Crippen LogP contribution in [0.2, 0.25) is 0 Å². The van der Waals surface area contributed by atoms with Gasteiger partial charge in [-0.3, -0.25) is 4.79 Å². The number of sulfonamides is 1. The van der Waals surface area contributed by atoms with Gasteiger partial charge in [0.1, 0.15) is 0 Å². The molecule has 1 heterocycles. The summed E-state index contributed by atoms with van der Waals surface area (Å²) in [6.45, 7) is 3.64. The monoisotopic (exact) mass is 382 g/mol. The molecule has 3 N–H and O–H groups in total. The Morgan fingerprint density at radius 1 is 1.12 bits per heavy atom. The van der Waals surface area contributed by atoms with Crippen molar-refractivity contribution in [2.75, 3.05) is 44.3 Å². The Balaban J connectivity index is 1.73. The van der Waals surface area contributed by atoms with Crippen molar-refractivity contribution in [1.82, 2.24) is 14.9 Å². The smallest absolute Gasteiger partial charge is 0.225 e. The van der Waals surface area contributed by atoms with Crippen molar-refractivity contribution in [2.24, 2.45) is 0 Å². The maximum atomic E-state index is 12.1. The lowest BCUT2D eigenvalue weighted by atomic mass is 10.1. The minimum atomic E-state index is -3.28. The second-order valence-corrected chi connectivity index (χ2v) is 8.57. The quantitative estimate of drug-likeness (QED) is 0.565. The number of carbonyl (C=O) groups excluding carboxylic acids is 1. The van der Waals surface area contributed by atoms with Gasteiger partial charge in [0.05, 0.1) is 5.75 Å². The number of carbonyl (C=O) groups is 1. The Hall–Kier alpha value is -1.48.